The van der Waals surface area contributed by atoms with Gasteiger partial charge in [-0.05, 0) is 18.6 Å². The Labute approximate surface area is 112 Å². The van der Waals surface area contributed by atoms with Crippen LogP contribution in [0.1, 0.15) is 35.7 Å². The Kier molecular flexibility index (Phi) is 3.91. The predicted molar refractivity (Wildman–Crippen MR) is 72.3 cm³/mol. The number of ether oxygens (including phenoxy) is 1. The summed E-state index contributed by atoms with van der Waals surface area (Å²) in [5.74, 6) is 0.0372. The minimum Gasteiger partial charge on any atom is -0.488 e. The third-order valence-corrected chi connectivity index (χ3v) is 3.20. The maximum atomic E-state index is 11.3. The average molecular weight is 259 g/mol. The Morgan fingerprint density at radius 2 is 2.37 bits per heavy atom. The molecule has 19 heavy (non-hydrogen) atoms. The molecular weight excluding hydrogens is 242 g/mol. The number of nitrogens with zero attached hydrogens (tertiary/aromatic N) is 2. The van der Waals surface area contributed by atoms with E-state index in [4.69, 9.17) is 15.7 Å². The fourth-order valence-corrected chi connectivity index (χ4v) is 2.19. The smallest absolute Gasteiger partial charge is 0.248 e. The molecular formula is C14H17N3O2. The first kappa shape index (κ1) is 13.2. The number of rotatable bonds is 4. The molecule has 0 aromatic heterocycles. The van der Waals surface area contributed by atoms with Crippen molar-refractivity contribution in [3.63, 3.8) is 0 Å². The summed E-state index contributed by atoms with van der Waals surface area (Å²) in [7, 11) is 0. The van der Waals surface area contributed by atoms with Gasteiger partial charge < -0.3 is 15.4 Å². The first-order valence-electron chi connectivity index (χ1n) is 6.43. The van der Waals surface area contributed by atoms with Gasteiger partial charge in [-0.2, -0.15) is 5.26 Å². The molecule has 1 aliphatic heterocycles. The summed E-state index contributed by atoms with van der Waals surface area (Å²) in [6.07, 6.45) is 2.15. The number of amides is 1. The van der Waals surface area contributed by atoms with Crippen LogP contribution >= 0.6 is 0 Å². The van der Waals surface area contributed by atoms with Gasteiger partial charge in [0.1, 0.15) is 12.7 Å². The second-order valence-corrected chi connectivity index (χ2v) is 4.54. The molecule has 0 unspecified atom stereocenters. The molecule has 2 N–H and O–H groups in total. The quantitative estimate of drug-likeness (QED) is 0.891. The van der Waals surface area contributed by atoms with Gasteiger partial charge in [0.25, 0.3) is 0 Å². The van der Waals surface area contributed by atoms with E-state index in [1.807, 2.05) is 0 Å². The summed E-state index contributed by atoms with van der Waals surface area (Å²) >= 11 is 0. The molecule has 100 valence electrons. The second kappa shape index (κ2) is 5.61. The number of unbranched alkanes of at least 4 members (excludes halogenated alkanes) is 1. The lowest BCUT2D eigenvalue weighted by molar-refractivity contribution is 0.1000. The Hall–Kier alpha value is -2.22. The number of hydrogen-bond acceptors (Lipinski definition) is 4. The Morgan fingerprint density at radius 1 is 1.58 bits per heavy atom. The van der Waals surface area contributed by atoms with Gasteiger partial charge in [-0.25, -0.2) is 0 Å². The summed E-state index contributed by atoms with van der Waals surface area (Å²) < 4.78 is 5.57. The molecule has 0 saturated heterocycles. The molecule has 1 aromatic rings. The van der Waals surface area contributed by atoms with Gasteiger partial charge in [-0.3, -0.25) is 4.79 Å². The molecule has 0 fully saturated rings. The van der Waals surface area contributed by atoms with Gasteiger partial charge in [-0.1, -0.05) is 13.3 Å². The van der Waals surface area contributed by atoms with E-state index < -0.39 is 5.91 Å². The van der Waals surface area contributed by atoms with Crippen molar-refractivity contribution in [1.82, 2.24) is 0 Å². The maximum absolute atomic E-state index is 11.3. The zero-order chi connectivity index (χ0) is 13.8. The van der Waals surface area contributed by atoms with Gasteiger partial charge >= 0.3 is 0 Å². The van der Waals surface area contributed by atoms with Crippen molar-refractivity contribution in [2.24, 2.45) is 5.73 Å². The van der Waals surface area contributed by atoms with E-state index in [1.54, 1.807) is 6.07 Å². The summed E-state index contributed by atoms with van der Waals surface area (Å²) in [5.41, 5.74) is 6.82. The first-order valence-corrected chi connectivity index (χ1v) is 6.43. The molecule has 1 heterocycles. The van der Waals surface area contributed by atoms with E-state index in [-0.39, 0.29) is 0 Å². The number of benzene rings is 1. The van der Waals surface area contributed by atoms with Crippen LogP contribution in [0.3, 0.4) is 0 Å². The minimum absolute atomic E-state index is 0.349. The van der Waals surface area contributed by atoms with Crippen LogP contribution in [0.4, 0.5) is 5.69 Å². The first-order chi connectivity index (χ1) is 9.17. The zero-order valence-corrected chi connectivity index (χ0v) is 11.0. The highest BCUT2D eigenvalue weighted by molar-refractivity contribution is 5.95. The third-order valence-electron chi connectivity index (χ3n) is 3.20. The topological polar surface area (TPSA) is 79.3 Å². The minimum atomic E-state index is -0.527. The molecule has 0 bridgehead atoms. The number of primary amides is 1. The number of anilines is 1. The fourth-order valence-electron chi connectivity index (χ4n) is 2.19. The molecule has 0 spiro atoms. The largest absolute Gasteiger partial charge is 0.488 e. The van der Waals surface area contributed by atoms with Crippen LogP contribution in [-0.2, 0) is 0 Å². The van der Waals surface area contributed by atoms with Crippen LogP contribution in [0.2, 0.25) is 0 Å². The molecule has 1 aromatic carbocycles. The van der Waals surface area contributed by atoms with Crippen molar-refractivity contribution in [3.05, 3.63) is 23.3 Å². The lowest BCUT2D eigenvalue weighted by Crippen LogP contribution is -2.34. The highest BCUT2D eigenvalue weighted by Crippen LogP contribution is 2.36. The highest BCUT2D eigenvalue weighted by atomic mass is 16.5. The van der Waals surface area contributed by atoms with Crippen LogP contribution in [0, 0.1) is 11.3 Å². The molecule has 2 rings (SSSR count). The van der Waals surface area contributed by atoms with E-state index in [0.717, 1.165) is 31.6 Å². The van der Waals surface area contributed by atoms with Gasteiger partial charge in [0.05, 0.1) is 17.8 Å². The van der Waals surface area contributed by atoms with Crippen LogP contribution in [0.25, 0.3) is 0 Å². The van der Waals surface area contributed by atoms with Crippen LogP contribution in [-0.4, -0.2) is 25.6 Å². The Balaban J connectivity index is 2.45. The van der Waals surface area contributed by atoms with E-state index >= 15 is 0 Å². The lowest BCUT2D eigenvalue weighted by Gasteiger charge is -2.32. The van der Waals surface area contributed by atoms with E-state index in [2.05, 4.69) is 17.9 Å². The van der Waals surface area contributed by atoms with Gasteiger partial charge in [0.2, 0.25) is 5.91 Å². The lowest BCUT2D eigenvalue weighted by atomic mass is 10.1. The Morgan fingerprint density at radius 3 is 3.00 bits per heavy atom. The molecule has 5 heteroatoms. The summed E-state index contributed by atoms with van der Waals surface area (Å²) in [5, 5.41) is 9.16. The summed E-state index contributed by atoms with van der Waals surface area (Å²) in [4.78, 5) is 13.5. The monoisotopic (exact) mass is 259 g/mol. The van der Waals surface area contributed by atoms with Gasteiger partial charge in [-0.15, -0.1) is 0 Å². The van der Waals surface area contributed by atoms with Crippen LogP contribution in [0.5, 0.6) is 5.75 Å². The number of carbonyl (C=O) groups is 1. The van der Waals surface area contributed by atoms with Crippen molar-refractivity contribution < 1.29 is 9.53 Å². The molecule has 0 aliphatic carbocycles. The second-order valence-electron chi connectivity index (χ2n) is 4.54. The number of nitrogens with two attached hydrogens (primary N) is 1. The van der Waals surface area contributed by atoms with E-state index in [1.165, 1.54) is 6.07 Å². The molecule has 5 nitrogen and oxygen atoms in total. The molecule has 0 atom stereocenters. The third kappa shape index (κ3) is 2.63. The number of nitriles is 1. The van der Waals surface area contributed by atoms with Crippen molar-refractivity contribution in [1.29, 1.82) is 5.26 Å². The summed E-state index contributed by atoms with van der Waals surface area (Å²) in [6.45, 7) is 4.34. The van der Waals surface area contributed by atoms with E-state index in [0.29, 0.717) is 23.5 Å². The highest BCUT2D eigenvalue weighted by Gasteiger charge is 2.22. The normalized spacial score (nSPS) is 13.4. The average Bonchev–Trinajstić information content (AvgIpc) is 2.43. The van der Waals surface area contributed by atoms with E-state index in [9.17, 15) is 4.79 Å². The summed E-state index contributed by atoms with van der Waals surface area (Å²) in [6, 6.07) is 5.27. The van der Waals surface area contributed by atoms with Gasteiger partial charge in [0, 0.05) is 12.1 Å². The number of hydrogen-bond donors (Lipinski definition) is 1. The predicted octanol–water partition coefficient (Wildman–Crippen LogP) is 1.66. The van der Waals surface area contributed by atoms with Crippen molar-refractivity contribution in [2.45, 2.75) is 19.8 Å². The SMILES string of the molecule is CCCCN1CCOc2c(C#N)cc(C(N)=O)cc21. The Bertz CT molecular complexity index is 534. The van der Waals surface area contributed by atoms with Crippen LogP contribution < -0.4 is 15.4 Å². The molecule has 0 saturated carbocycles. The molecule has 1 aliphatic rings. The molecule has 0 radical (unpaired) electrons. The van der Waals surface area contributed by atoms with Crippen molar-refractivity contribution in [3.8, 4) is 11.8 Å². The van der Waals surface area contributed by atoms with Crippen LogP contribution in [0.15, 0.2) is 12.1 Å². The maximum Gasteiger partial charge on any atom is 0.248 e. The number of carbonyl (C=O) groups excluding carboxylic acids is 1. The number of fused-ring (bicyclic) bond motifs is 1. The molecule has 1 amide bonds. The van der Waals surface area contributed by atoms with Gasteiger partial charge in [0.15, 0.2) is 5.75 Å². The zero-order valence-electron chi connectivity index (χ0n) is 11.0. The fraction of sp³-hybridized carbons (Fsp3) is 0.429. The standard InChI is InChI=1S/C14H17N3O2/c1-2-3-4-17-5-6-19-13-11(9-15)7-10(14(16)18)8-12(13)17/h7-8H,2-6H2,1H3,(H2,16,18). The van der Waals surface area contributed by atoms with Crippen molar-refractivity contribution in [2.75, 3.05) is 24.6 Å². The van der Waals surface area contributed by atoms with Crippen molar-refractivity contribution >= 4 is 11.6 Å².